The molecular weight excluding hydrogens is 256 g/mol. The van der Waals surface area contributed by atoms with Gasteiger partial charge in [-0.05, 0) is 24.6 Å². The van der Waals surface area contributed by atoms with Crippen LogP contribution in [0.5, 0.6) is 5.75 Å². The first kappa shape index (κ1) is 14.6. The highest BCUT2D eigenvalue weighted by atomic mass is 16.5. The van der Waals surface area contributed by atoms with E-state index >= 15 is 0 Å². The first-order chi connectivity index (χ1) is 9.65. The summed E-state index contributed by atoms with van der Waals surface area (Å²) in [5.74, 6) is 0.606. The third kappa shape index (κ3) is 4.36. The van der Waals surface area contributed by atoms with Crippen LogP contribution >= 0.6 is 0 Å². The Balaban J connectivity index is 1.75. The molecule has 0 fully saturated rings. The predicted molar refractivity (Wildman–Crippen MR) is 77.9 cm³/mol. The molecule has 1 aromatic rings. The maximum Gasteiger partial charge on any atom is 0.262 e. The zero-order valence-corrected chi connectivity index (χ0v) is 11.7. The predicted octanol–water partition coefficient (Wildman–Crippen LogP) is 1.70. The molecule has 2 rings (SSSR count). The molecule has 5 nitrogen and oxygen atoms in total. The molecule has 0 spiro atoms. The van der Waals surface area contributed by atoms with Crippen LogP contribution in [-0.4, -0.2) is 32.3 Å². The fourth-order valence-electron chi connectivity index (χ4n) is 1.86. The topological polar surface area (TPSA) is 59.6 Å². The monoisotopic (exact) mass is 276 g/mol. The molecule has 0 atom stereocenters. The molecule has 0 radical (unpaired) electrons. The van der Waals surface area contributed by atoms with Gasteiger partial charge in [-0.1, -0.05) is 18.2 Å². The molecule has 0 unspecified atom stereocenters. The highest BCUT2D eigenvalue weighted by Crippen LogP contribution is 2.28. The second-order valence-electron chi connectivity index (χ2n) is 4.85. The summed E-state index contributed by atoms with van der Waals surface area (Å²) in [6.45, 7) is 8.55. The van der Waals surface area contributed by atoms with Crippen molar-refractivity contribution in [2.75, 3.05) is 31.7 Å². The van der Waals surface area contributed by atoms with E-state index in [2.05, 4.69) is 17.2 Å². The van der Waals surface area contributed by atoms with E-state index in [0.717, 1.165) is 35.7 Å². The number of nitrogens with one attached hydrogen (secondary N) is 2. The molecule has 1 aliphatic heterocycles. The zero-order chi connectivity index (χ0) is 14.4. The molecule has 0 saturated carbocycles. The lowest BCUT2D eigenvalue weighted by atomic mass is 10.1. The van der Waals surface area contributed by atoms with Gasteiger partial charge in [-0.25, -0.2) is 0 Å². The fraction of sp³-hybridized carbons (Fsp3) is 0.400. The van der Waals surface area contributed by atoms with E-state index in [0.29, 0.717) is 13.2 Å². The van der Waals surface area contributed by atoms with E-state index in [-0.39, 0.29) is 12.5 Å². The van der Waals surface area contributed by atoms with Crippen LogP contribution in [-0.2, 0) is 16.1 Å². The molecule has 20 heavy (non-hydrogen) atoms. The summed E-state index contributed by atoms with van der Waals surface area (Å²) in [6.07, 6.45) is 0. The molecule has 1 aromatic carbocycles. The maximum atomic E-state index is 11.2. The van der Waals surface area contributed by atoms with Crippen molar-refractivity contribution in [1.29, 1.82) is 0 Å². The van der Waals surface area contributed by atoms with Gasteiger partial charge in [0.2, 0.25) is 0 Å². The SMILES string of the molecule is C=C(C)COCCNCc1ccc2c(c1)NC(=O)CO2. The molecular formula is C15H20N2O3. The van der Waals surface area contributed by atoms with E-state index in [9.17, 15) is 4.79 Å². The first-order valence-electron chi connectivity index (χ1n) is 6.63. The Morgan fingerprint density at radius 2 is 2.40 bits per heavy atom. The number of anilines is 1. The van der Waals surface area contributed by atoms with Crippen molar-refractivity contribution in [2.24, 2.45) is 0 Å². The highest BCUT2D eigenvalue weighted by molar-refractivity contribution is 5.95. The quantitative estimate of drug-likeness (QED) is 0.588. The number of rotatable bonds is 7. The molecule has 1 heterocycles. The van der Waals surface area contributed by atoms with E-state index in [1.54, 1.807) is 0 Å². The minimum atomic E-state index is -0.115. The molecule has 108 valence electrons. The van der Waals surface area contributed by atoms with Gasteiger partial charge in [0.05, 0.1) is 18.9 Å². The number of ether oxygens (including phenoxy) is 2. The Morgan fingerprint density at radius 1 is 1.55 bits per heavy atom. The Labute approximate surface area is 119 Å². The normalized spacial score (nSPS) is 13.3. The van der Waals surface area contributed by atoms with Crippen LogP contribution in [0.3, 0.4) is 0 Å². The van der Waals surface area contributed by atoms with Crippen molar-refractivity contribution in [3.63, 3.8) is 0 Å². The highest BCUT2D eigenvalue weighted by Gasteiger charge is 2.15. The molecule has 0 saturated heterocycles. The summed E-state index contributed by atoms with van der Waals surface area (Å²) in [6, 6.07) is 5.79. The minimum Gasteiger partial charge on any atom is -0.482 e. The summed E-state index contributed by atoms with van der Waals surface area (Å²) in [5.41, 5.74) is 2.85. The number of carbonyl (C=O) groups is 1. The third-order valence-corrected chi connectivity index (χ3v) is 2.78. The first-order valence-corrected chi connectivity index (χ1v) is 6.63. The van der Waals surface area contributed by atoms with Gasteiger partial charge in [0.25, 0.3) is 5.91 Å². The summed E-state index contributed by atoms with van der Waals surface area (Å²) < 4.78 is 10.7. The van der Waals surface area contributed by atoms with Crippen LogP contribution in [0, 0.1) is 0 Å². The van der Waals surface area contributed by atoms with Crippen molar-refractivity contribution in [3.8, 4) is 5.75 Å². The Hall–Kier alpha value is -1.85. The van der Waals surface area contributed by atoms with E-state index < -0.39 is 0 Å². The lowest BCUT2D eigenvalue weighted by Crippen LogP contribution is -2.25. The third-order valence-electron chi connectivity index (χ3n) is 2.78. The molecule has 1 amide bonds. The molecule has 0 aliphatic carbocycles. The number of carbonyl (C=O) groups excluding carboxylic acids is 1. The van der Waals surface area contributed by atoms with Gasteiger partial charge in [0.1, 0.15) is 5.75 Å². The molecule has 1 aliphatic rings. The summed E-state index contributed by atoms with van der Waals surface area (Å²) in [4.78, 5) is 11.2. The molecule has 0 aromatic heterocycles. The Morgan fingerprint density at radius 3 is 3.20 bits per heavy atom. The summed E-state index contributed by atoms with van der Waals surface area (Å²) in [7, 11) is 0. The number of hydrogen-bond donors (Lipinski definition) is 2. The van der Waals surface area contributed by atoms with Crippen LogP contribution in [0.1, 0.15) is 12.5 Å². The van der Waals surface area contributed by atoms with Gasteiger partial charge >= 0.3 is 0 Å². The van der Waals surface area contributed by atoms with Gasteiger partial charge in [0, 0.05) is 13.1 Å². The lowest BCUT2D eigenvalue weighted by molar-refractivity contribution is -0.118. The second kappa shape index (κ2) is 7.07. The summed E-state index contributed by atoms with van der Waals surface area (Å²) in [5, 5.41) is 6.08. The Bertz CT molecular complexity index is 500. The lowest BCUT2D eigenvalue weighted by Gasteiger charge is -2.18. The Kier molecular flexibility index (Phi) is 5.15. The number of fused-ring (bicyclic) bond motifs is 1. The standard InChI is InChI=1S/C15H20N2O3/c1-11(2)9-19-6-5-16-8-12-3-4-14-13(7-12)17-15(18)10-20-14/h3-4,7,16H,1,5-6,8-10H2,2H3,(H,17,18). The van der Waals surface area contributed by atoms with Crippen molar-refractivity contribution >= 4 is 11.6 Å². The van der Waals surface area contributed by atoms with Crippen LogP contribution in [0.4, 0.5) is 5.69 Å². The number of hydrogen-bond acceptors (Lipinski definition) is 4. The average molecular weight is 276 g/mol. The van der Waals surface area contributed by atoms with Gasteiger partial charge in [-0.15, -0.1) is 0 Å². The minimum absolute atomic E-state index is 0.0880. The van der Waals surface area contributed by atoms with Crippen LogP contribution in [0.15, 0.2) is 30.4 Å². The van der Waals surface area contributed by atoms with Crippen molar-refractivity contribution in [1.82, 2.24) is 5.32 Å². The van der Waals surface area contributed by atoms with E-state index in [1.165, 1.54) is 0 Å². The van der Waals surface area contributed by atoms with Gasteiger partial charge in [0.15, 0.2) is 6.61 Å². The van der Waals surface area contributed by atoms with E-state index in [4.69, 9.17) is 9.47 Å². The fourth-order valence-corrected chi connectivity index (χ4v) is 1.86. The van der Waals surface area contributed by atoms with Crippen molar-refractivity contribution < 1.29 is 14.3 Å². The van der Waals surface area contributed by atoms with Gasteiger partial charge < -0.3 is 20.1 Å². The average Bonchev–Trinajstić information content (AvgIpc) is 2.42. The van der Waals surface area contributed by atoms with Gasteiger partial charge in [-0.3, -0.25) is 4.79 Å². The van der Waals surface area contributed by atoms with Gasteiger partial charge in [-0.2, -0.15) is 0 Å². The van der Waals surface area contributed by atoms with Crippen molar-refractivity contribution in [3.05, 3.63) is 35.9 Å². The van der Waals surface area contributed by atoms with E-state index in [1.807, 2.05) is 25.1 Å². The largest absolute Gasteiger partial charge is 0.482 e. The second-order valence-corrected chi connectivity index (χ2v) is 4.85. The molecule has 2 N–H and O–H groups in total. The maximum absolute atomic E-state index is 11.2. The zero-order valence-electron chi connectivity index (χ0n) is 11.7. The van der Waals surface area contributed by atoms with Crippen LogP contribution < -0.4 is 15.4 Å². The summed E-state index contributed by atoms with van der Waals surface area (Å²) >= 11 is 0. The molecule has 0 bridgehead atoms. The number of amides is 1. The van der Waals surface area contributed by atoms with Crippen LogP contribution in [0.2, 0.25) is 0 Å². The smallest absolute Gasteiger partial charge is 0.262 e. The van der Waals surface area contributed by atoms with Crippen LogP contribution in [0.25, 0.3) is 0 Å². The molecule has 5 heteroatoms. The van der Waals surface area contributed by atoms with Crippen molar-refractivity contribution in [2.45, 2.75) is 13.5 Å². The number of benzene rings is 1.